The fourth-order valence-corrected chi connectivity index (χ4v) is 2.93. The Labute approximate surface area is 181 Å². The van der Waals surface area contributed by atoms with Crippen molar-refractivity contribution in [2.45, 2.75) is 26.8 Å². The van der Waals surface area contributed by atoms with E-state index >= 15 is 0 Å². The van der Waals surface area contributed by atoms with Crippen LogP contribution in [0.15, 0.2) is 35.6 Å². The zero-order chi connectivity index (χ0) is 18.8. The van der Waals surface area contributed by atoms with E-state index in [-0.39, 0.29) is 36.4 Å². The maximum absolute atomic E-state index is 12.3. The highest BCUT2D eigenvalue weighted by Crippen LogP contribution is 2.10. The molecule has 0 aromatic carbocycles. The van der Waals surface area contributed by atoms with Crippen LogP contribution in [-0.4, -0.2) is 53.4 Å². The summed E-state index contributed by atoms with van der Waals surface area (Å²) in [5.74, 6) is 0.593. The van der Waals surface area contributed by atoms with Crippen molar-refractivity contribution >= 4 is 47.2 Å². The monoisotopic (exact) mass is 502 g/mol. The maximum atomic E-state index is 12.3. The smallest absolute Gasteiger partial charge is 0.244 e. The van der Waals surface area contributed by atoms with E-state index in [0.29, 0.717) is 19.0 Å². The summed E-state index contributed by atoms with van der Waals surface area (Å²) in [6.07, 6.45) is 4.35. The molecule has 148 valence electrons. The fraction of sp³-hybridized carbons (Fsp3) is 0.444. The number of nitrogens with one attached hydrogen (secondary N) is 2. The Morgan fingerprint density at radius 2 is 2.11 bits per heavy atom. The molecule has 2 aromatic heterocycles. The van der Waals surface area contributed by atoms with E-state index in [4.69, 9.17) is 0 Å². The molecule has 0 aliphatic rings. The first-order valence-electron chi connectivity index (χ1n) is 8.66. The highest BCUT2D eigenvalue weighted by Gasteiger charge is 2.09. The van der Waals surface area contributed by atoms with Gasteiger partial charge in [0.15, 0.2) is 5.96 Å². The van der Waals surface area contributed by atoms with Gasteiger partial charge in [0.05, 0.1) is 6.54 Å². The number of guanidine groups is 1. The normalized spacial score (nSPS) is 10.9. The topological polar surface area (TPSA) is 82.5 Å². The standard InChI is InChI=1S/C18H26N6OS.HI/c1-4-19-18(22-12-16-21-11-14(2)26-16)23-13-17(25)24(3)10-8-15-7-5-6-9-20-15;/h5-7,9,11H,4,8,10,12-13H2,1-3H3,(H2,19,22,23);1H. The van der Waals surface area contributed by atoms with Gasteiger partial charge in [0, 0.05) is 49.5 Å². The van der Waals surface area contributed by atoms with Crippen molar-refractivity contribution in [3.05, 3.63) is 46.2 Å². The minimum absolute atomic E-state index is 0. The molecule has 0 saturated carbocycles. The van der Waals surface area contributed by atoms with Gasteiger partial charge < -0.3 is 15.5 Å². The molecule has 2 heterocycles. The van der Waals surface area contributed by atoms with E-state index in [1.165, 1.54) is 4.88 Å². The number of aromatic nitrogens is 2. The van der Waals surface area contributed by atoms with Gasteiger partial charge in [-0.3, -0.25) is 9.78 Å². The van der Waals surface area contributed by atoms with Crippen molar-refractivity contribution in [1.82, 2.24) is 25.5 Å². The summed E-state index contributed by atoms with van der Waals surface area (Å²) in [5.41, 5.74) is 0.976. The predicted molar refractivity (Wildman–Crippen MR) is 121 cm³/mol. The summed E-state index contributed by atoms with van der Waals surface area (Å²) in [7, 11) is 1.79. The average Bonchev–Trinajstić information content (AvgIpc) is 3.07. The number of aliphatic imine (C=N–C) groups is 1. The first-order valence-corrected chi connectivity index (χ1v) is 9.47. The Hall–Kier alpha value is -1.75. The highest BCUT2D eigenvalue weighted by molar-refractivity contribution is 14.0. The summed E-state index contributed by atoms with van der Waals surface area (Å²) in [5, 5.41) is 7.35. The molecular formula is C18H27IN6OS. The molecule has 2 rings (SSSR count). The molecule has 0 saturated heterocycles. The van der Waals surface area contributed by atoms with E-state index < -0.39 is 0 Å². The van der Waals surface area contributed by atoms with Gasteiger partial charge in [-0.05, 0) is 26.0 Å². The summed E-state index contributed by atoms with van der Waals surface area (Å²) >= 11 is 1.64. The third kappa shape index (κ3) is 8.65. The SMILES string of the molecule is CCNC(=NCC(=O)N(C)CCc1ccccn1)NCc1ncc(C)s1.I. The second-order valence-corrected chi connectivity index (χ2v) is 7.12. The number of carbonyl (C=O) groups excluding carboxylic acids is 1. The lowest BCUT2D eigenvalue weighted by atomic mass is 10.2. The lowest BCUT2D eigenvalue weighted by molar-refractivity contribution is -0.128. The van der Waals surface area contributed by atoms with Crippen LogP contribution in [0.3, 0.4) is 0 Å². The molecule has 0 fully saturated rings. The lowest BCUT2D eigenvalue weighted by Gasteiger charge is -2.16. The van der Waals surface area contributed by atoms with E-state index in [1.807, 2.05) is 38.2 Å². The number of amides is 1. The molecule has 1 amide bonds. The van der Waals surface area contributed by atoms with E-state index in [1.54, 1.807) is 29.5 Å². The van der Waals surface area contributed by atoms with Gasteiger partial charge in [0.2, 0.25) is 5.91 Å². The Balaban J connectivity index is 0.00000364. The minimum atomic E-state index is -0.0248. The highest BCUT2D eigenvalue weighted by atomic mass is 127. The third-order valence-corrected chi connectivity index (χ3v) is 4.56. The largest absolute Gasteiger partial charge is 0.357 e. The minimum Gasteiger partial charge on any atom is -0.357 e. The van der Waals surface area contributed by atoms with E-state index in [0.717, 1.165) is 23.7 Å². The second kappa shape index (κ2) is 12.6. The predicted octanol–water partition coefficient (Wildman–Crippen LogP) is 2.22. The number of hydrogen-bond donors (Lipinski definition) is 2. The van der Waals surface area contributed by atoms with Gasteiger partial charge in [-0.2, -0.15) is 0 Å². The molecule has 0 aliphatic heterocycles. The number of rotatable bonds is 8. The average molecular weight is 502 g/mol. The fourth-order valence-electron chi connectivity index (χ4n) is 2.20. The summed E-state index contributed by atoms with van der Waals surface area (Å²) < 4.78 is 0. The molecule has 0 bridgehead atoms. The molecule has 7 nitrogen and oxygen atoms in total. The van der Waals surface area contributed by atoms with Crippen LogP contribution in [0.4, 0.5) is 0 Å². The molecule has 0 spiro atoms. The van der Waals surface area contributed by atoms with Crippen molar-refractivity contribution in [1.29, 1.82) is 0 Å². The van der Waals surface area contributed by atoms with Crippen molar-refractivity contribution in [3.63, 3.8) is 0 Å². The van der Waals surface area contributed by atoms with Gasteiger partial charge in [0.25, 0.3) is 0 Å². The van der Waals surface area contributed by atoms with Crippen LogP contribution in [-0.2, 0) is 17.8 Å². The first-order chi connectivity index (χ1) is 12.6. The molecule has 0 radical (unpaired) electrons. The molecule has 0 unspecified atom stereocenters. The van der Waals surface area contributed by atoms with E-state index in [9.17, 15) is 4.79 Å². The number of pyridine rings is 1. The number of aryl methyl sites for hydroxylation is 1. The summed E-state index contributed by atoms with van der Waals surface area (Å²) in [6, 6.07) is 5.80. The van der Waals surface area contributed by atoms with Crippen LogP contribution in [0, 0.1) is 6.92 Å². The summed E-state index contributed by atoms with van der Waals surface area (Å²) in [6.45, 7) is 6.06. The number of halogens is 1. The van der Waals surface area contributed by atoms with E-state index in [2.05, 4.69) is 25.6 Å². The number of thiazole rings is 1. The van der Waals surface area contributed by atoms with Gasteiger partial charge in [-0.25, -0.2) is 9.98 Å². The van der Waals surface area contributed by atoms with Gasteiger partial charge in [-0.1, -0.05) is 6.07 Å². The summed E-state index contributed by atoms with van der Waals surface area (Å²) in [4.78, 5) is 28.1. The van der Waals surface area contributed by atoms with Crippen molar-refractivity contribution in [2.75, 3.05) is 26.7 Å². The molecule has 27 heavy (non-hydrogen) atoms. The van der Waals surface area contributed by atoms with Gasteiger partial charge in [-0.15, -0.1) is 35.3 Å². The van der Waals surface area contributed by atoms with Crippen molar-refractivity contribution < 1.29 is 4.79 Å². The van der Waals surface area contributed by atoms with Crippen molar-refractivity contribution in [3.8, 4) is 0 Å². The van der Waals surface area contributed by atoms with Crippen LogP contribution in [0.2, 0.25) is 0 Å². The van der Waals surface area contributed by atoms with Crippen molar-refractivity contribution in [2.24, 2.45) is 4.99 Å². The molecular weight excluding hydrogens is 475 g/mol. The Bertz CT molecular complexity index is 722. The quantitative estimate of drug-likeness (QED) is 0.329. The first kappa shape index (κ1) is 23.3. The zero-order valence-electron chi connectivity index (χ0n) is 15.9. The molecule has 2 aromatic rings. The third-order valence-electron chi connectivity index (χ3n) is 3.65. The Kier molecular flexibility index (Phi) is 10.9. The lowest BCUT2D eigenvalue weighted by Crippen LogP contribution is -2.38. The second-order valence-electron chi connectivity index (χ2n) is 5.80. The molecule has 0 atom stereocenters. The van der Waals surface area contributed by atoms with Crippen LogP contribution >= 0.6 is 35.3 Å². The number of carbonyl (C=O) groups is 1. The van der Waals surface area contributed by atoms with Crippen LogP contribution in [0.5, 0.6) is 0 Å². The van der Waals surface area contributed by atoms with Gasteiger partial charge >= 0.3 is 0 Å². The molecule has 9 heteroatoms. The molecule has 0 aliphatic carbocycles. The van der Waals surface area contributed by atoms with Crippen LogP contribution in [0.1, 0.15) is 22.5 Å². The van der Waals surface area contributed by atoms with Gasteiger partial charge in [0.1, 0.15) is 11.6 Å². The molecule has 2 N–H and O–H groups in total. The van der Waals surface area contributed by atoms with Crippen LogP contribution in [0.25, 0.3) is 0 Å². The Morgan fingerprint density at radius 1 is 1.30 bits per heavy atom. The Morgan fingerprint density at radius 3 is 2.74 bits per heavy atom. The number of hydrogen-bond acceptors (Lipinski definition) is 5. The number of nitrogens with zero attached hydrogens (tertiary/aromatic N) is 4. The maximum Gasteiger partial charge on any atom is 0.244 e. The zero-order valence-corrected chi connectivity index (χ0v) is 19.1. The number of likely N-dealkylation sites (N-methyl/N-ethyl adjacent to an activating group) is 1. The van der Waals surface area contributed by atoms with Crippen LogP contribution < -0.4 is 10.6 Å².